The van der Waals surface area contributed by atoms with Crippen LogP contribution in [0.25, 0.3) is 0 Å². The van der Waals surface area contributed by atoms with Crippen molar-refractivity contribution < 1.29 is 19.5 Å². The highest BCUT2D eigenvalue weighted by atomic mass is 16.3. The topological polar surface area (TPSA) is 123 Å². The molecule has 0 saturated heterocycles. The lowest BCUT2D eigenvalue weighted by Crippen LogP contribution is -2.48. The SMILES string of the molecule is CC1=C(C(N)C(=O)[C@@H](N)CO)C(=O)c2ccccc2C1=O. The van der Waals surface area contributed by atoms with Gasteiger partial charge in [0.2, 0.25) is 0 Å². The Morgan fingerprint density at radius 2 is 1.67 bits per heavy atom. The van der Waals surface area contributed by atoms with Gasteiger partial charge in [-0.3, -0.25) is 14.4 Å². The lowest BCUT2D eigenvalue weighted by molar-refractivity contribution is -0.121. The first kappa shape index (κ1) is 15.2. The molecule has 1 aromatic rings. The van der Waals surface area contributed by atoms with E-state index in [9.17, 15) is 14.4 Å². The summed E-state index contributed by atoms with van der Waals surface area (Å²) in [6.07, 6.45) is 0. The van der Waals surface area contributed by atoms with Crippen LogP contribution >= 0.6 is 0 Å². The van der Waals surface area contributed by atoms with Crippen molar-refractivity contribution in [2.75, 3.05) is 6.61 Å². The number of allylic oxidation sites excluding steroid dienone is 1. The van der Waals surface area contributed by atoms with E-state index >= 15 is 0 Å². The molecule has 0 bridgehead atoms. The van der Waals surface area contributed by atoms with Crippen LogP contribution in [0, 0.1) is 0 Å². The molecule has 0 spiro atoms. The Balaban J connectivity index is 2.50. The van der Waals surface area contributed by atoms with Gasteiger partial charge in [-0.15, -0.1) is 0 Å². The number of ketones is 3. The fraction of sp³-hybridized carbons (Fsp3) is 0.267. The molecule has 21 heavy (non-hydrogen) atoms. The molecular weight excluding hydrogens is 272 g/mol. The van der Waals surface area contributed by atoms with Crippen molar-refractivity contribution in [1.29, 1.82) is 0 Å². The van der Waals surface area contributed by atoms with Crippen molar-refractivity contribution in [2.45, 2.75) is 19.0 Å². The monoisotopic (exact) mass is 288 g/mol. The van der Waals surface area contributed by atoms with Gasteiger partial charge >= 0.3 is 0 Å². The van der Waals surface area contributed by atoms with Crippen LogP contribution < -0.4 is 11.5 Å². The van der Waals surface area contributed by atoms with Crippen LogP contribution in [-0.4, -0.2) is 41.1 Å². The Hall–Kier alpha value is -2.15. The van der Waals surface area contributed by atoms with E-state index in [4.69, 9.17) is 16.6 Å². The van der Waals surface area contributed by atoms with E-state index < -0.39 is 30.3 Å². The van der Waals surface area contributed by atoms with E-state index in [-0.39, 0.29) is 22.5 Å². The van der Waals surface area contributed by atoms with E-state index in [0.29, 0.717) is 5.56 Å². The van der Waals surface area contributed by atoms with E-state index in [0.717, 1.165) is 0 Å². The average molecular weight is 288 g/mol. The fourth-order valence-electron chi connectivity index (χ4n) is 2.36. The molecule has 0 aliphatic heterocycles. The zero-order valence-electron chi connectivity index (χ0n) is 11.5. The smallest absolute Gasteiger partial charge is 0.192 e. The van der Waals surface area contributed by atoms with Gasteiger partial charge in [-0.05, 0) is 6.92 Å². The summed E-state index contributed by atoms with van der Waals surface area (Å²) >= 11 is 0. The Morgan fingerprint density at radius 3 is 2.19 bits per heavy atom. The highest BCUT2D eigenvalue weighted by Crippen LogP contribution is 2.27. The van der Waals surface area contributed by atoms with Crippen LogP contribution in [0.15, 0.2) is 35.4 Å². The minimum absolute atomic E-state index is 0.0485. The van der Waals surface area contributed by atoms with Crippen LogP contribution in [0.1, 0.15) is 27.6 Å². The van der Waals surface area contributed by atoms with Gasteiger partial charge in [0.15, 0.2) is 17.3 Å². The highest BCUT2D eigenvalue weighted by molar-refractivity contribution is 6.28. The van der Waals surface area contributed by atoms with E-state index in [1.54, 1.807) is 18.2 Å². The van der Waals surface area contributed by atoms with Crippen LogP contribution in [0.3, 0.4) is 0 Å². The number of rotatable bonds is 4. The van der Waals surface area contributed by atoms with E-state index in [2.05, 4.69) is 0 Å². The quantitative estimate of drug-likeness (QED) is 0.692. The van der Waals surface area contributed by atoms with Gasteiger partial charge in [-0.2, -0.15) is 0 Å². The zero-order valence-corrected chi connectivity index (χ0v) is 11.5. The first-order valence-corrected chi connectivity index (χ1v) is 6.45. The standard InChI is InChI=1S/C15H16N2O4/c1-7-11(12(17)15(21)10(16)6-18)14(20)9-5-3-2-4-8(9)13(7)19/h2-5,10,12,18H,6,16-17H2,1H3/t10-,12?/m0/s1. The second-order valence-corrected chi connectivity index (χ2v) is 4.91. The number of aliphatic hydroxyl groups excluding tert-OH is 1. The van der Waals surface area contributed by atoms with Gasteiger partial charge in [0.25, 0.3) is 0 Å². The third-order valence-corrected chi connectivity index (χ3v) is 3.59. The number of aliphatic hydroxyl groups is 1. The van der Waals surface area contributed by atoms with Crippen molar-refractivity contribution >= 4 is 17.3 Å². The number of hydrogen-bond acceptors (Lipinski definition) is 6. The second-order valence-electron chi connectivity index (χ2n) is 4.91. The molecule has 2 rings (SSSR count). The number of carbonyl (C=O) groups is 3. The first-order valence-electron chi connectivity index (χ1n) is 6.45. The van der Waals surface area contributed by atoms with Gasteiger partial charge < -0.3 is 16.6 Å². The summed E-state index contributed by atoms with van der Waals surface area (Å²) in [5.74, 6) is -1.46. The minimum Gasteiger partial charge on any atom is -0.394 e. The van der Waals surface area contributed by atoms with Gasteiger partial charge in [-0.1, -0.05) is 24.3 Å². The first-order chi connectivity index (χ1) is 9.90. The van der Waals surface area contributed by atoms with Crippen LogP contribution in [0.4, 0.5) is 0 Å². The minimum atomic E-state index is -1.32. The number of fused-ring (bicyclic) bond motifs is 1. The summed E-state index contributed by atoms with van der Waals surface area (Å²) in [5.41, 5.74) is 11.9. The maximum absolute atomic E-state index is 12.5. The molecule has 0 saturated carbocycles. The Kier molecular flexibility index (Phi) is 4.13. The maximum atomic E-state index is 12.5. The largest absolute Gasteiger partial charge is 0.394 e. The summed E-state index contributed by atoms with van der Waals surface area (Å²) in [7, 11) is 0. The van der Waals surface area contributed by atoms with Gasteiger partial charge in [-0.25, -0.2) is 0 Å². The summed E-state index contributed by atoms with van der Waals surface area (Å²) in [5, 5.41) is 8.92. The predicted octanol–water partition coefficient (Wildman–Crippen LogP) is -0.402. The van der Waals surface area contributed by atoms with E-state index in [1.165, 1.54) is 13.0 Å². The van der Waals surface area contributed by atoms with Crippen molar-refractivity contribution in [3.05, 3.63) is 46.5 Å². The van der Waals surface area contributed by atoms with Gasteiger partial charge in [0.1, 0.15) is 0 Å². The molecule has 1 aliphatic rings. The Labute approximate surface area is 121 Å². The predicted molar refractivity (Wildman–Crippen MR) is 75.8 cm³/mol. The molecular formula is C15H16N2O4. The van der Waals surface area contributed by atoms with Crippen molar-refractivity contribution in [1.82, 2.24) is 0 Å². The number of Topliss-reactive ketones (excluding diaryl/α,β-unsaturated/α-hetero) is 3. The summed E-state index contributed by atoms with van der Waals surface area (Å²) < 4.78 is 0. The number of carbonyl (C=O) groups excluding carboxylic acids is 3. The summed E-state index contributed by atoms with van der Waals surface area (Å²) in [6.45, 7) is 0.890. The molecule has 1 aromatic carbocycles. The molecule has 2 atom stereocenters. The summed E-state index contributed by atoms with van der Waals surface area (Å²) in [6, 6.07) is 3.87. The third kappa shape index (κ3) is 2.44. The van der Waals surface area contributed by atoms with Crippen LogP contribution in [0.2, 0.25) is 0 Å². The molecule has 1 unspecified atom stereocenters. The highest BCUT2D eigenvalue weighted by Gasteiger charge is 2.36. The van der Waals surface area contributed by atoms with Crippen molar-refractivity contribution in [3.8, 4) is 0 Å². The Bertz CT molecular complexity index is 663. The molecule has 0 amide bonds. The summed E-state index contributed by atoms with van der Waals surface area (Å²) in [4.78, 5) is 36.7. The molecule has 0 radical (unpaired) electrons. The fourth-order valence-corrected chi connectivity index (χ4v) is 2.36. The maximum Gasteiger partial charge on any atom is 0.192 e. The normalized spacial score (nSPS) is 17.5. The molecule has 1 aliphatic carbocycles. The van der Waals surface area contributed by atoms with Crippen LogP contribution in [-0.2, 0) is 4.79 Å². The number of benzene rings is 1. The lowest BCUT2D eigenvalue weighted by Gasteiger charge is -2.23. The van der Waals surface area contributed by atoms with Gasteiger partial charge in [0.05, 0.1) is 18.7 Å². The zero-order chi connectivity index (χ0) is 15.7. The average Bonchev–Trinajstić information content (AvgIpc) is 2.51. The molecule has 110 valence electrons. The molecule has 6 heteroatoms. The van der Waals surface area contributed by atoms with Crippen molar-refractivity contribution in [2.24, 2.45) is 11.5 Å². The number of nitrogens with two attached hydrogens (primary N) is 2. The Morgan fingerprint density at radius 1 is 1.14 bits per heavy atom. The molecule has 5 N–H and O–H groups in total. The number of hydrogen-bond donors (Lipinski definition) is 3. The lowest BCUT2D eigenvalue weighted by atomic mass is 9.80. The molecule has 0 heterocycles. The van der Waals surface area contributed by atoms with Crippen LogP contribution in [0.5, 0.6) is 0 Å². The molecule has 6 nitrogen and oxygen atoms in total. The molecule has 0 aromatic heterocycles. The molecule has 0 fully saturated rings. The van der Waals surface area contributed by atoms with Gasteiger partial charge in [0, 0.05) is 22.3 Å². The van der Waals surface area contributed by atoms with E-state index in [1.807, 2.05) is 0 Å². The van der Waals surface area contributed by atoms with Crippen molar-refractivity contribution in [3.63, 3.8) is 0 Å². The third-order valence-electron chi connectivity index (χ3n) is 3.59. The second kappa shape index (κ2) is 5.69.